The molecule has 0 radical (unpaired) electrons. The fraction of sp³-hybridized carbons (Fsp3) is 0.889. The standard InChI is InChI=1S/C9H21N3O2/c1-7(6-14-3)5-11-8(2)4-9(10)12-13/h7-8,11,13H,4-6H2,1-3H3,(H2,10,12). The van der Waals surface area contributed by atoms with Gasteiger partial charge >= 0.3 is 0 Å². The van der Waals surface area contributed by atoms with E-state index in [4.69, 9.17) is 15.7 Å². The van der Waals surface area contributed by atoms with E-state index in [0.717, 1.165) is 13.2 Å². The number of nitrogens with one attached hydrogen (secondary N) is 1. The highest BCUT2D eigenvalue weighted by atomic mass is 16.5. The highest BCUT2D eigenvalue weighted by Crippen LogP contribution is 1.96. The molecule has 0 aliphatic carbocycles. The fourth-order valence-corrected chi connectivity index (χ4v) is 1.17. The van der Waals surface area contributed by atoms with Gasteiger partial charge in [0.2, 0.25) is 0 Å². The number of hydrogen-bond acceptors (Lipinski definition) is 4. The molecule has 2 unspecified atom stereocenters. The van der Waals surface area contributed by atoms with Crippen molar-refractivity contribution in [3.63, 3.8) is 0 Å². The maximum absolute atomic E-state index is 8.36. The fourth-order valence-electron chi connectivity index (χ4n) is 1.17. The van der Waals surface area contributed by atoms with Crippen LogP contribution in [0.5, 0.6) is 0 Å². The molecule has 0 bridgehead atoms. The zero-order chi connectivity index (χ0) is 11.0. The molecule has 5 nitrogen and oxygen atoms in total. The smallest absolute Gasteiger partial charge is 0.140 e. The molecule has 5 heteroatoms. The lowest BCUT2D eigenvalue weighted by Crippen LogP contribution is -2.34. The monoisotopic (exact) mass is 203 g/mol. The summed E-state index contributed by atoms with van der Waals surface area (Å²) >= 11 is 0. The minimum atomic E-state index is 0.213. The lowest BCUT2D eigenvalue weighted by molar-refractivity contribution is 0.157. The Balaban J connectivity index is 3.57. The molecule has 4 N–H and O–H groups in total. The molecular formula is C9H21N3O2. The van der Waals surface area contributed by atoms with Crippen LogP contribution in [0.25, 0.3) is 0 Å². The van der Waals surface area contributed by atoms with Gasteiger partial charge in [-0.05, 0) is 12.8 Å². The number of ether oxygens (including phenoxy) is 1. The summed E-state index contributed by atoms with van der Waals surface area (Å²) in [5, 5.41) is 14.6. The number of nitrogens with two attached hydrogens (primary N) is 1. The first kappa shape index (κ1) is 13.2. The summed E-state index contributed by atoms with van der Waals surface area (Å²) in [5.41, 5.74) is 5.37. The molecule has 0 spiro atoms. The number of amidine groups is 1. The lowest BCUT2D eigenvalue weighted by Gasteiger charge is -2.16. The Labute approximate surface area is 85.3 Å². The largest absolute Gasteiger partial charge is 0.409 e. The van der Waals surface area contributed by atoms with Gasteiger partial charge in [-0.15, -0.1) is 0 Å². The molecule has 0 amide bonds. The average molecular weight is 203 g/mol. The van der Waals surface area contributed by atoms with Gasteiger partial charge in [-0.3, -0.25) is 0 Å². The van der Waals surface area contributed by atoms with E-state index in [1.165, 1.54) is 0 Å². The van der Waals surface area contributed by atoms with E-state index in [0.29, 0.717) is 12.3 Å². The van der Waals surface area contributed by atoms with Crippen molar-refractivity contribution in [2.75, 3.05) is 20.3 Å². The van der Waals surface area contributed by atoms with Crippen molar-refractivity contribution >= 4 is 5.84 Å². The van der Waals surface area contributed by atoms with Crippen LogP contribution in [0.15, 0.2) is 5.16 Å². The third-order valence-electron chi connectivity index (χ3n) is 1.91. The lowest BCUT2D eigenvalue weighted by atomic mass is 10.1. The van der Waals surface area contributed by atoms with Gasteiger partial charge in [0, 0.05) is 32.7 Å². The molecule has 0 saturated heterocycles. The van der Waals surface area contributed by atoms with E-state index in [9.17, 15) is 0 Å². The van der Waals surface area contributed by atoms with Gasteiger partial charge < -0.3 is 21.0 Å². The van der Waals surface area contributed by atoms with E-state index < -0.39 is 0 Å². The van der Waals surface area contributed by atoms with Crippen LogP contribution < -0.4 is 11.1 Å². The molecule has 0 fully saturated rings. The van der Waals surface area contributed by atoms with Crippen LogP contribution in [-0.4, -0.2) is 37.3 Å². The first-order valence-electron chi connectivity index (χ1n) is 4.78. The highest BCUT2D eigenvalue weighted by Gasteiger charge is 2.06. The van der Waals surface area contributed by atoms with Crippen LogP contribution in [0.2, 0.25) is 0 Å². The molecule has 0 aliphatic heterocycles. The van der Waals surface area contributed by atoms with Crippen LogP contribution in [-0.2, 0) is 4.74 Å². The van der Waals surface area contributed by atoms with E-state index >= 15 is 0 Å². The van der Waals surface area contributed by atoms with Crippen LogP contribution in [0, 0.1) is 5.92 Å². The second-order valence-corrected chi connectivity index (χ2v) is 3.67. The van der Waals surface area contributed by atoms with E-state index in [-0.39, 0.29) is 11.9 Å². The summed E-state index contributed by atoms with van der Waals surface area (Å²) < 4.78 is 5.01. The summed E-state index contributed by atoms with van der Waals surface area (Å²) in [5.74, 6) is 0.721. The number of nitrogens with zero attached hydrogens (tertiary/aromatic N) is 1. The summed E-state index contributed by atoms with van der Waals surface area (Å²) in [6.07, 6.45) is 0.552. The van der Waals surface area contributed by atoms with Gasteiger partial charge in [-0.25, -0.2) is 0 Å². The minimum absolute atomic E-state index is 0.213. The number of oxime groups is 1. The SMILES string of the molecule is COCC(C)CNC(C)CC(N)=NO. The van der Waals surface area contributed by atoms with Crippen molar-refractivity contribution in [1.29, 1.82) is 0 Å². The van der Waals surface area contributed by atoms with Gasteiger partial charge in [0.05, 0.1) is 0 Å². The van der Waals surface area contributed by atoms with Gasteiger partial charge in [0.15, 0.2) is 0 Å². The summed E-state index contributed by atoms with van der Waals surface area (Å²) in [6.45, 7) is 5.71. The quantitative estimate of drug-likeness (QED) is 0.242. The van der Waals surface area contributed by atoms with Crippen molar-refractivity contribution in [1.82, 2.24) is 5.32 Å². The number of hydrogen-bond donors (Lipinski definition) is 3. The Hall–Kier alpha value is -0.810. The van der Waals surface area contributed by atoms with E-state index in [2.05, 4.69) is 17.4 Å². The first-order valence-corrected chi connectivity index (χ1v) is 4.78. The molecule has 84 valence electrons. The highest BCUT2D eigenvalue weighted by molar-refractivity contribution is 5.80. The Morgan fingerprint density at radius 1 is 1.57 bits per heavy atom. The molecular weight excluding hydrogens is 182 g/mol. The third-order valence-corrected chi connectivity index (χ3v) is 1.91. The number of rotatable bonds is 7. The Bertz CT molecular complexity index is 173. The summed E-state index contributed by atoms with van der Waals surface area (Å²) in [4.78, 5) is 0. The Morgan fingerprint density at radius 2 is 2.21 bits per heavy atom. The second kappa shape index (κ2) is 7.58. The predicted octanol–water partition coefficient (Wildman–Crippen LogP) is 0.384. The maximum Gasteiger partial charge on any atom is 0.140 e. The molecule has 0 aromatic rings. The van der Waals surface area contributed by atoms with Gasteiger partial charge in [0.25, 0.3) is 0 Å². The molecule has 2 atom stereocenters. The summed E-state index contributed by atoms with van der Waals surface area (Å²) in [7, 11) is 1.69. The van der Waals surface area contributed by atoms with Crippen LogP contribution in [0.4, 0.5) is 0 Å². The maximum atomic E-state index is 8.36. The van der Waals surface area contributed by atoms with Crippen LogP contribution in [0.3, 0.4) is 0 Å². The zero-order valence-corrected chi connectivity index (χ0v) is 9.16. The van der Waals surface area contributed by atoms with Crippen molar-refractivity contribution < 1.29 is 9.94 Å². The minimum Gasteiger partial charge on any atom is -0.409 e. The zero-order valence-electron chi connectivity index (χ0n) is 9.16. The Morgan fingerprint density at radius 3 is 2.71 bits per heavy atom. The van der Waals surface area contributed by atoms with Crippen molar-refractivity contribution in [2.45, 2.75) is 26.3 Å². The normalized spacial score (nSPS) is 16.6. The molecule has 14 heavy (non-hydrogen) atoms. The molecule has 0 heterocycles. The number of methoxy groups -OCH3 is 1. The topological polar surface area (TPSA) is 79.9 Å². The average Bonchev–Trinajstić information content (AvgIpc) is 2.15. The van der Waals surface area contributed by atoms with Crippen molar-refractivity contribution in [3.8, 4) is 0 Å². The van der Waals surface area contributed by atoms with Gasteiger partial charge in [0.1, 0.15) is 5.84 Å². The van der Waals surface area contributed by atoms with Gasteiger partial charge in [-0.2, -0.15) is 0 Å². The van der Waals surface area contributed by atoms with Crippen LogP contribution in [0.1, 0.15) is 20.3 Å². The molecule has 0 aromatic heterocycles. The van der Waals surface area contributed by atoms with Gasteiger partial charge in [-0.1, -0.05) is 12.1 Å². The summed E-state index contributed by atoms with van der Waals surface area (Å²) in [6, 6.07) is 0.213. The molecule has 0 rings (SSSR count). The Kier molecular flexibility index (Phi) is 7.14. The second-order valence-electron chi connectivity index (χ2n) is 3.67. The molecule has 0 aliphatic rings. The van der Waals surface area contributed by atoms with Crippen molar-refractivity contribution in [2.24, 2.45) is 16.8 Å². The third kappa shape index (κ3) is 6.68. The molecule has 0 aromatic carbocycles. The molecule has 0 saturated carbocycles. The van der Waals surface area contributed by atoms with E-state index in [1.54, 1.807) is 7.11 Å². The first-order chi connectivity index (χ1) is 6.60. The van der Waals surface area contributed by atoms with Crippen LogP contribution >= 0.6 is 0 Å². The van der Waals surface area contributed by atoms with Crippen molar-refractivity contribution in [3.05, 3.63) is 0 Å². The predicted molar refractivity (Wildman–Crippen MR) is 56.5 cm³/mol. The van der Waals surface area contributed by atoms with E-state index in [1.807, 2.05) is 6.92 Å².